The number of carbonyl (C=O) groups excluding carboxylic acids is 2. The molecule has 168 valence electrons. The van der Waals surface area contributed by atoms with Gasteiger partial charge in [-0.3, -0.25) is 14.5 Å². The van der Waals surface area contributed by atoms with Gasteiger partial charge in [0.15, 0.2) is 0 Å². The van der Waals surface area contributed by atoms with E-state index in [0.29, 0.717) is 41.4 Å². The van der Waals surface area contributed by atoms with Gasteiger partial charge in [0.05, 0.1) is 19.3 Å². The quantitative estimate of drug-likeness (QED) is 0.493. The minimum absolute atomic E-state index is 0.228. The molecular weight excluding hydrogens is 416 g/mol. The van der Waals surface area contributed by atoms with Gasteiger partial charge >= 0.3 is 0 Å². The number of benzene rings is 3. The summed E-state index contributed by atoms with van der Waals surface area (Å²) in [4.78, 5) is 28.2. The molecule has 1 aliphatic heterocycles. The lowest BCUT2D eigenvalue weighted by Crippen LogP contribution is -2.34. The van der Waals surface area contributed by atoms with Crippen LogP contribution in [0.2, 0.25) is 0 Å². The maximum absolute atomic E-state index is 13.5. The zero-order valence-electron chi connectivity index (χ0n) is 18.7. The summed E-state index contributed by atoms with van der Waals surface area (Å²) in [5.41, 5.74) is 2.82. The highest BCUT2D eigenvalue weighted by Gasteiger charge is 2.40. The molecule has 6 heteroatoms. The van der Waals surface area contributed by atoms with Gasteiger partial charge in [-0.2, -0.15) is 0 Å². The average molecular weight is 443 g/mol. The summed E-state index contributed by atoms with van der Waals surface area (Å²) in [5, 5.41) is 3.18. The zero-order valence-corrected chi connectivity index (χ0v) is 18.7. The Balaban J connectivity index is 1.70. The summed E-state index contributed by atoms with van der Waals surface area (Å²) in [7, 11) is 1.55. The van der Waals surface area contributed by atoms with Crippen molar-refractivity contribution >= 4 is 23.1 Å². The molecule has 0 unspecified atom stereocenters. The van der Waals surface area contributed by atoms with Gasteiger partial charge in [0, 0.05) is 23.9 Å². The minimum Gasteiger partial charge on any atom is -0.496 e. The molecule has 0 fully saturated rings. The molecule has 1 heterocycles. The lowest BCUT2D eigenvalue weighted by Gasteiger charge is -2.15. The van der Waals surface area contributed by atoms with E-state index in [1.807, 2.05) is 67.6 Å². The largest absolute Gasteiger partial charge is 0.496 e. The highest BCUT2D eigenvalue weighted by molar-refractivity contribution is 6.37. The van der Waals surface area contributed by atoms with Crippen molar-refractivity contribution in [1.29, 1.82) is 0 Å². The number of hydrogen-bond donors (Lipinski definition) is 1. The standard InChI is InChI=1S/C27H26N2O4/c1-3-33-21-13-9-12-20(18-21)28-25-24(22-14-7-8-15-23(22)32-2)26(30)29(27(25)31)17-16-19-10-5-4-6-11-19/h4-15,18,28H,3,16-17H2,1-2H3. The normalized spacial score (nSPS) is 13.5. The van der Waals surface area contributed by atoms with Crippen molar-refractivity contribution in [3.8, 4) is 11.5 Å². The topological polar surface area (TPSA) is 67.9 Å². The third-order valence-electron chi connectivity index (χ3n) is 5.43. The number of para-hydroxylation sites is 1. The number of nitrogens with one attached hydrogen (secondary N) is 1. The lowest BCUT2D eigenvalue weighted by molar-refractivity contribution is -0.136. The number of rotatable bonds is 9. The molecule has 3 aromatic rings. The molecule has 0 radical (unpaired) electrons. The molecule has 0 saturated heterocycles. The van der Waals surface area contributed by atoms with Crippen molar-refractivity contribution in [2.75, 3.05) is 25.6 Å². The summed E-state index contributed by atoms with van der Waals surface area (Å²) < 4.78 is 11.1. The van der Waals surface area contributed by atoms with Gasteiger partial charge in [-0.15, -0.1) is 0 Å². The summed E-state index contributed by atoms with van der Waals surface area (Å²) >= 11 is 0. The second-order valence-corrected chi connectivity index (χ2v) is 7.53. The molecule has 0 aromatic heterocycles. The molecule has 0 spiro atoms. The second-order valence-electron chi connectivity index (χ2n) is 7.53. The van der Waals surface area contributed by atoms with Crippen LogP contribution in [0.4, 0.5) is 5.69 Å². The second kappa shape index (κ2) is 10.0. The van der Waals surface area contributed by atoms with Crippen LogP contribution in [0.25, 0.3) is 5.57 Å². The Morgan fingerprint density at radius 1 is 0.879 bits per heavy atom. The first-order chi connectivity index (χ1) is 16.1. The number of carbonyl (C=O) groups is 2. The Bertz CT molecular complexity index is 1190. The number of anilines is 1. The molecular formula is C27H26N2O4. The van der Waals surface area contributed by atoms with Gasteiger partial charge in [0.1, 0.15) is 17.2 Å². The maximum atomic E-state index is 13.5. The fourth-order valence-corrected chi connectivity index (χ4v) is 3.86. The maximum Gasteiger partial charge on any atom is 0.278 e. The van der Waals surface area contributed by atoms with Crippen molar-refractivity contribution in [3.63, 3.8) is 0 Å². The fraction of sp³-hybridized carbons (Fsp3) is 0.185. The third-order valence-corrected chi connectivity index (χ3v) is 5.43. The molecule has 0 saturated carbocycles. The van der Waals surface area contributed by atoms with E-state index in [2.05, 4.69) is 5.32 Å². The van der Waals surface area contributed by atoms with Crippen LogP contribution < -0.4 is 14.8 Å². The monoisotopic (exact) mass is 442 g/mol. The first kappa shape index (κ1) is 22.1. The van der Waals surface area contributed by atoms with Gasteiger partial charge in [-0.05, 0) is 37.1 Å². The Morgan fingerprint density at radius 3 is 2.39 bits per heavy atom. The smallest absolute Gasteiger partial charge is 0.278 e. The Hall–Kier alpha value is -4.06. The van der Waals surface area contributed by atoms with E-state index in [9.17, 15) is 9.59 Å². The lowest BCUT2D eigenvalue weighted by atomic mass is 10.0. The minimum atomic E-state index is -0.362. The van der Waals surface area contributed by atoms with Crippen molar-refractivity contribution < 1.29 is 19.1 Å². The summed E-state index contributed by atoms with van der Waals surface area (Å²) in [5.74, 6) is 0.503. The SMILES string of the molecule is CCOc1cccc(NC2=C(c3ccccc3OC)C(=O)N(CCc3ccccc3)C2=O)c1. The summed E-state index contributed by atoms with van der Waals surface area (Å²) in [6.07, 6.45) is 0.574. The van der Waals surface area contributed by atoms with Crippen LogP contribution >= 0.6 is 0 Å². The molecule has 6 nitrogen and oxygen atoms in total. The Labute approximate surface area is 193 Å². The Kier molecular flexibility index (Phi) is 6.74. The predicted molar refractivity (Wildman–Crippen MR) is 128 cm³/mol. The van der Waals surface area contributed by atoms with Crippen molar-refractivity contribution in [3.05, 3.63) is 95.7 Å². The molecule has 33 heavy (non-hydrogen) atoms. The van der Waals surface area contributed by atoms with Crippen molar-refractivity contribution in [1.82, 2.24) is 4.90 Å². The summed E-state index contributed by atoms with van der Waals surface area (Å²) in [6, 6.07) is 24.3. The molecule has 2 amide bonds. The van der Waals surface area contributed by atoms with Crippen LogP contribution in [0.3, 0.4) is 0 Å². The van der Waals surface area contributed by atoms with Crippen LogP contribution in [0.5, 0.6) is 11.5 Å². The highest BCUT2D eigenvalue weighted by atomic mass is 16.5. The van der Waals surface area contributed by atoms with Crippen molar-refractivity contribution in [2.45, 2.75) is 13.3 Å². The number of imide groups is 1. The molecule has 0 atom stereocenters. The van der Waals surface area contributed by atoms with E-state index < -0.39 is 0 Å². The van der Waals surface area contributed by atoms with E-state index in [-0.39, 0.29) is 24.1 Å². The van der Waals surface area contributed by atoms with Crippen molar-refractivity contribution in [2.24, 2.45) is 0 Å². The Morgan fingerprint density at radius 2 is 1.64 bits per heavy atom. The van der Waals surface area contributed by atoms with Gasteiger partial charge in [-0.1, -0.05) is 54.6 Å². The number of nitrogens with zero attached hydrogens (tertiary/aromatic N) is 1. The number of hydrogen-bond acceptors (Lipinski definition) is 5. The van der Waals surface area contributed by atoms with E-state index in [4.69, 9.17) is 9.47 Å². The van der Waals surface area contributed by atoms with Crippen LogP contribution in [0.15, 0.2) is 84.6 Å². The average Bonchev–Trinajstić information content (AvgIpc) is 3.07. The molecule has 0 bridgehead atoms. The van der Waals surface area contributed by atoms with E-state index >= 15 is 0 Å². The predicted octanol–water partition coefficient (Wildman–Crippen LogP) is 4.53. The fourth-order valence-electron chi connectivity index (χ4n) is 3.86. The van der Waals surface area contributed by atoms with Gasteiger partial charge in [0.2, 0.25) is 0 Å². The molecule has 1 N–H and O–H groups in total. The molecule has 3 aromatic carbocycles. The number of amides is 2. The first-order valence-electron chi connectivity index (χ1n) is 10.9. The molecule has 0 aliphatic carbocycles. The zero-order chi connectivity index (χ0) is 23.2. The molecule has 1 aliphatic rings. The third kappa shape index (κ3) is 4.75. The van der Waals surface area contributed by atoms with Crippen LogP contribution in [0.1, 0.15) is 18.1 Å². The summed E-state index contributed by atoms with van der Waals surface area (Å²) in [6.45, 7) is 2.72. The van der Waals surface area contributed by atoms with Gasteiger partial charge in [0.25, 0.3) is 11.8 Å². The number of ether oxygens (including phenoxy) is 2. The first-order valence-corrected chi connectivity index (χ1v) is 10.9. The van der Waals surface area contributed by atoms with E-state index in [0.717, 1.165) is 5.56 Å². The van der Waals surface area contributed by atoms with E-state index in [1.165, 1.54) is 4.90 Å². The van der Waals surface area contributed by atoms with Gasteiger partial charge < -0.3 is 14.8 Å². The van der Waals surface area contributed by atoms with Gasteiger partial charge in [-0.25, -0.2) is 0 Å². The van der Waals surface area contributed by atoms with Crippen LogP contribution in [-0.2, 0) is 16.0 Å². The molecule has 4 rings (SSSR count). The van der Waals surface area contributed by atoms with E-state index in [1.54, 1.807) is 25.3 Å². The highest BCUT2D eigenvalue weighted by Crippen LogP contribution is 2.35. The van der Waals surface area contributed by atoms with Crippen LogP contribution in [0, 0.1) is 0 Å². The number of methoxy groups -OCH3 is 1. The van der Waals surface area contributed by atoms with Crippen LogP contribution in [-0.4, -0.2) is 37.0 Å².